The summed E-state index contributed by atoms with van der Waals surface area (Å²) in [6, 6.07) is 3.33. The first kappa shape index (κ1) is 20.2. The van der Waals surface area contributed by atoms with Gasteiger partial charge in [0.15, 0.2) is 0 Å². The molecule has 0 saturated heterocycles. The minimum atomic E-state index is -4.46. The third kappa shape index (κ3) is 5.44. The maximum Gasteiger partial charge on any atom is 1.00 e. The van der Waals surface area contributed by atoms with Gasteiger partial charge in [-0.1, -0.05) is 0 Å². The second-order valence-corrected chi connectivity index (χ2v) is 6.61. The molecule has 1 aromatic heterocycles. The minimum absolute atomic E-state index is 0. The van der Waals surface area contributed by atoms with Crippen LogP contribution in [0, 0.1) is 5.92 Å². The van der Waals surface area contributed by atoms with Gasteiger partial charge < -0.3 is 14.6 Å². The molecule has 0 amide bonds. The van der Waals surface area contributed by atoms with Gasteiger partial charge in [-0.15, -0.1) is 11.3 Å². The van der Waals surface area contributed by atoms with Crippen molar-refractivity contribution >= 4 is 17.3 Å². The third-order valence-electron chi connectivity index (χ3n) is 3.66. The Morgan fingerprint density at radius 3 is 2.64 bits per heavy atom. The van der Waals surface area contributed by atoms with Gasteiger partial charge >= 0.3 is 35.7 Å². The molecule has 0 spiro atoms. The van der Waals surface area contributed by atoms with Crippen molar-refractivity contribution in [3.8, 4) is 5.75 Å². The molecule has 9 heteroatoms. The number of aromatic nitrogens is 1. The summed E-state index contributed by atoms with van der Waals surface area (Å²) in [6.45, 7) is 0.473. The minimum Gasteiger partial charge on any atom is -0.543 e. The van der Waals surface area contributed by atoms with Crippen molar-refractivity contribution in [2.75, 3.05) is 6.61 Å². The normalized spacial score (nSPS) is 14.0. The SMILES string of the molecule is O=C([O-])c1csc(Cc2cc(C(F)(F)F)ccc2OCC2CC2)n1.[Na+]. The Morgan fingerprint density at radius 2 is 2.08 bits per heavy atom. The maximum absolute atomic E-state index is 12.9. The van der Waals surface area contributed by atoms with E-state index in [1.54, 1.807) is 0 Å². The van der Waals surface area contributed by atoms with Crippen LogP contribution < -0.4 is 39.4 Å². The molecule has 0 N–H and O–H groups in total. The average Bonchev–Trinajstić information content (AvgIpc) is 3.22. The van der Waals surface area contributed by atoms with Crippen LogP contribution in [-0.4, -0.2) is 17.6 Å². The van der Waals surface area contributed by atoms with Crippen molar-refractivity contribution < 1.29 is 57.4 Å². The standard InChI is InChI=1S/C16H14F3NO3S.Na/c17-16(18,19)11-3-4-13(23-7-9-1-2-9)10(5-11)6-14-20-12(8-24-14)15(21)22;/h3-5,8-9H,1-2,6-7H2,(H,21,22);/q;+1/p-1. The predicted octanol–water partition coefficient (Wildman–Crippen LogP) is -0.0910. The van der Waals surface area contributed by atoms with E-state index >= 15 is 0 Å². The molecule has 1 aliphatic carbocycles. The number of benzene rings is 1. The summed E-state index contributed by atoms with van der Waals surface area (Å²) in [6.07, 6.45) is -2.25. The largest absolute Gasteiger partial charge is 1.00 e. The Morgan fingerprint density at radius 1 is 1.36 bits per heavy atom. The summed E-state index contributed by atoms with van der Waals surface area (Å²) in [5, 5.41) is 12.5. The maximum atomic E-state index is 12.9. The molecule has 25 heavy (non-hydrogen) atoms. The molecule has 1 aromatic carbocycles. The number of nitrogens with zero attached hydrogens (tertiary/aromatic N) is 1. The van der Waals surface area contributed by atoms with Crippen molar-refractivity contribution in [2.45, 2.75) is 25.4 Å². The van der Waals surface area contributed by atoms with E-state index in [4.69, 9.17) is 4.74 Å². The number of carboxylic acids is 1. The zero-order valence-corrected chi connectivity index (χ0v) is 16.2. The fourth-order valence-electron chi connectivity index (χ4n) is 2.18. The molecule has 0 aliphatic heterocycles. The number of carbonyl (C=O) groups is 1. The van der Waals surface area contributed by atoms with Gasteiger partial charge in [0.25, 0.3) is 0 Å². The van der Waals surface area contributed by atoms with E-state index in [0.717, 1.165) is 36.3 Å². The van der Waals surface area contributed by atoms with Crippen LogP contribution in [0.3, 0.4) is 0 Å². The second kappa shape index (κ2) is 8.07. The molecule has 1 saturated carbocycles. The van der Waals surface area contributed by atoms with Crippen LogP contribution in [0.4, 0.5) is 13.2 Å². The van der Waals surface area contributed by atoms with Crippen LogP contribution in [0.2, 0.25) is 0 Å². The van der Waals surface area contributed by atoms with Gasteiger partial charge in [0, 0.05) is 17.4 Å². The van der Waals surface area contributed by atoms with E-state index in [9.17, 15) is 23.1 Å². The van der Waals surface area contributed by atoms with Gasteiger partial charge in [0.05, 0.1) is 28.8 Å². The number of carbonyl (C=O) groups excluding carboxylic acids is 1. The van der Waals surface area contributed by atoms with Crippen LogP contribution in [0.15, 0.2) is 23.6 Å². The molecule has 4 nitrogen and oxygen atoms in total. The van der Waals surface area contributed by atoms with Crippen molar-refractivity contribution in [1.29, 1.82) is 0 Å². The summed E-state index contributed by atoms with van der Waals surface area (Å²) in [7, 11) is 0. The fraction of sp³-hybridized carbons (Fsp3) is 0.375. The van der Waals surface area contributed by atoms with Gasteiger partial charge in [-0.05, 0) is 37.0 Å². The first-order valence-corrected chi connectivity index (χ1v) is 8.19. The van der Waals surface area contributed by atoms with Gasteiger partial charge in [0.1, 0.15) is 5.75 Å². The van der Waals surface area contributed by atoms with Gasteiger partial charge in [-0.25, -0.2) is 4.98 Å². The van der Waals surface area contributed by atoms with Crippen LogP contribution >= 0.6 is 11.3 Å². The van der Waals surface area contributed by atoms with E-state index in [0.29, 0.717) is 28.8 Å². The van der Waals surface area contributed by atoms with Gasteiger partial charge in [0.2, 0.25) is 0 Å². The molecule has 128 valence electrons. The van der Waals surface area contributed by atoms with Gasteiger partial charge in [-0.2, -0.15) is 13.2 Å². The van der Waals surface area contributed by atoms with Crippen molar-refractivity contribution in [2.24, 2.45) is 5.92 Å². The summed E-state index contributed by atoms with van der Waals surface area (Å²) < 4.78 is 44.4. The molecule has 1 aliphatic rings. The Bertz CT molecular complexity index is 759. The molecule has 1 heterocycles. The molecular weight excluding hydrogens is 366 g/mol. The third-order valence-corrected chi connectivity index (χ3v) is 4.51. The van der Waals surface area contributed by atoms with Gasteiger partial charge in [-0.3, -0.25) is 0 Å². The topological polar surface area (TPSA) is 62.2 Å². The quantitative estimate of drug-likeness (QED) is 0.659. The molecule has 0 unspecified atom stereocenters. The van der Waals surface area contributed by atoms with Crippen LogP contribution in [0.1, 0.15) is 39.5 Å². The van der Waals surface area contributed by atoms with E-state index in [2.05, 4.69) is 4.98 Å². The van der Waals surface area contributed by atoms with Crippen LogP contribution in [0.5, 0.6) is 5.75 Å². The second-order valence-electron chi connectivity index (χ2n) is 5.67. The Labute approximate surface area is 168 Å². The molecule has 3 rings (SSSR count). The summed E-state index contributed by atoms with van der Waals surface area (Å²) in [4.78, 5) is 14.6. The smallest absolute Gasteiger partial charge is 0.543 e. The van der Waals surface area contributed by atoms with Crippen LogP contribution in [-0.2, 0) is 12.6 Å². The predicted molar refractivity (Wildman–Crippen MR) is 78.9 cm³/mol. The Hall–Kier alpha value is -1.09. The van der Waals surface area contributed by atoms with Crippen molar-refractivity contribution in [1.82, 2.24) is 4.98 Å². The molecular formula is C16H13F3NNaO3S. The van der Waals surface area contributed by atoms with E-state index < -0.39 is 17.7 Å². The molecule has 0 bridgehead atoms. The number of halogens is 3. The average molecular weight is 379 g/mol. The molecule has 0 atom stereocenters. The van der Waals surface area contributed by atoms with Crippen LogP contribution in [0.25, 0.3) is 0 Å². The zero-order valence-electron chi connectivity index (χ0n) is 13.4. The monoisotopic (exact) mass is 379 g/mol. The molecule has 1 fully saturated rings. The number of rotatable bonds is 6. The van der Waals surface area contributed by atoms with E-state index in [1.807, 2.05) is 0 Å². The number of aromatic carboxylic acids is 1. The van der Waals surface area contributed by atoms with E-state index in [-0.39, 0.29) is 41.7 Å². The molecule has 0 radical (unpaired) electrons. The first-order chi connectivity index (χ1) is 11.3. The number of hydrogen-bond acceptors (Lipinski definition) is 5. The molecule has 2 aromatic rings. The summed E-state index contributed by atoms with van der Waals surface area (Å²) in [5.74, 6) is -0.573. The fourth-order valence-corrected chi connectivity index (χ4v) is 2.96. The Balaban J connectivity index is 0.00000225. The van der Waals surface area contributed by atoms with Crippen molar-refractivity contribution in [3.63, 3.8) is 0 Å². The zero-order chi connectivity index (χ0) is 17.3. The van der Waals surface area contributed by atoms with E-state index in [1.165, 1.54) is 11.4 Å². The number of carboxylic acid groups (broad SMARTS) is 1. The number of ether oxygens (including phenoxy) is 1. The number of thiazole rings is 1. The number of alkyl halides is 3. The summed E-state index contributed by atoms with van der Waals surface area (Å²) >= 11 is 1.06. The first-order valence-electron chi connectivity index (χ1n) is 7.31. The number of hydrogen-bond donors (Lipinski definition) is 0. The summed E-state index contributed by atoms with van der Waals surface area (Å²) in [5.41, 5.74) is -0.653. The Kier molecular flexibility index (Phi) is 6.53. The van der Waals surface area contributed by atoms with Crippen molar-refractivity contribution in [3.05, 3.63) is 45.4 Å².